The first-order valence-corrected chi connectivity index (χ1v) is 12.1. The average Bonchev–Trinajstić information content (AvgIpc) is 2.88. The first-order chi connectivity index (χ1) is 11.3. The van der Waals surface area contributed by atoms with Crippen LogP contribution in [0.1, 0.15) is 56.2 Å². The number of nitrogens with zero attached hydrogens (tertiary/aromatic N) is 1. The van der Waals surface area contributed by atoms with Crippen LogP contribution in [0.15, 0.2) is 5.38 Å². The molecule has 1 atom stereocenters. The molecule has 0 spiro atoms. The summed E-state index contributed by atoms with van der Waals surface area (Å²) in [5, 5.41) is 6.43. The number of thiazole rings is 1. The standard InChI is InChI=1S/C18H28N2O2S2/c1-12(18-6-13-3-14(7-18)5-15(4-13)8-18)19-9-16-10-23-17(20-16)11-24(2,21)22/h10,12-15,19H,3-9,11H2,1-2H3/t12-,13?,14?,15?,18?/m1/s1. The summed E-state index contributed by atoms with van der Waals surface area (Å²) in [4.78, 5) is 4.49. The SMILES string of the molecule is C[C@@H](NCc1csc(CS(C)(=O)=O)n1)C12CC3CC(CC(C3)C1)C2. The van der Waals surface area contributed by atoms with Gasteiger partial charge in [0.2, 0.25) is 0 Å². The molecule has 0 amide bonds. The van der Waals surface area contributed by atoms with Crippen LogP contribution >= 0.6 is 11.3 Å². The quantitative estimate of drug-likeness (QED) is 0.836. The third-order valence-corrected chi connectivity index (χ3v) is 8.46. The topological polar surface area (TPSA) is 59.1 Å². The van der Waals surface area contributed by atoms with Gasteiger partial charge in [0.05, 0.1) is 5.69 Å². The van der Waals surface area contributed by atoms with Crippen molar-refractivity contribution in [3.63, 3.8) is 0 Å². The molecule has 4 saturated carbocycles. The van der Waals surface area contributed by atoms with Crippen molar-refractivity contribution in [3.05, 3.63) is 16.1 Å². The minimum atomic E-state index is -3.00. The highest BCUT2D eigenvalue weighted by Gasteiger charge is 2.52. The third kappa shape index (κ3) is 3.42. The first kappa shape index (κ1) is 17.0. The molecule has 24 heavy (non-hydrogen) atoms. The van der Waals surface area contributed by atoms with E-state index in [0.29, 0.717) is 16.5 Å². The van der Waals surface area contributed by atoms with E-state index in [0.717, 1.165) is 30.0 Å². The van der Waals surface area contributed by atoms with Crippen LogP contribution in [0.25, 0.3) is 0 Å². The highest BCUT2D eigenvalue weighted by molar-refractivity contribution is 7.90. The molecule has 1 N–H and O–H groups in total. The summed E-state index contributed by atoms with van der Waals surface area (Å²) in [6, 6.07) is 0.519. The van der Waals surface area contributed by atoms with E-state index in [2.05, 4.69) is 17.2 Å². The molecule has 0 saturated heterocycles. The Morgan fingerprint density at radius 2 is 1.83 bits per heavy atom. The summed E-state index contributed by atoms with van der Waals surface area (Å²) < 4.78 is 22.8. The second-order valence-electron chi connectivity index (χ2n) is 8.69. The van der Waals surface area contributed by atoms with E-state index < -0.39 is 9.84 Å². The Morgan fingerprint density at radius 1 is 1.25 bits per heavy atom. The van der Waals surface area contributed by atoms with Crippen molar-refractivity contribution in [2.24, 2.45) is 23.2 Å². The normalized spacial score (nSPS) is 36.2. The molecule has 0 radical (unpaired) electrons. The van der Waals surface area contributed by atoms with E-state index in [1.165, 1.54) is 56.1 Å². The fourth-order valence-corrected chi connectivity index (χ4v) is 7.91. The summed E-state index contributed by atoms with van der Waals surface area (Å²) in [5.41, 5.74) is 1.48. The van der Waals surface area contributed by atoms with Gasteiger partial charge >= 0.3 is 0 Å². The second-order valence-corrected chi connectivity index (χ2v) is 11.8. The van der Waals surface area contributed by atoms with Crippen molar-refractivity contribution >= 4 is 21.2 Å². The highest BCUT2D eigenvalue weighted by Crippen LogP contribution is 2.61. The van der Waals surface area contributed by atoms with Crippen molar-refractivity contribution in [3.8, 4) is 0 Å². The van der Waals surface area contributed by atoms with Crippen LogP contribution in [-0.2, 0) is 22.1 Å². The molecule has 1 aromatic rings. The lowest BCUT2D eigenvalue weighted by atomic mass is 9.48. The molecule has 4 nitrogen and oxygen atoms in total. The lowest BCUT2D eigenvalue weighted by Crippen LogP contribution is -2.54. The van der Waals surface area contributed by atoms with Crippen molar-refractivity contribution in [2.45, 2.75) is 63.8 Å². The Hall–Kier alpha value is -0.460. The molecule has 4 aliphatic carbocycles. The molecule has 6 heteroatoms. The van der Waals surface area contributed by atoms with Gasteiger partial charge in [-0.05, 0) is 68.6 Å². The summed E-state index contributed by atoms with van der Waals surface area (Å²) in [6.45, 7) is 3.11. The van der Waals surface area contributed by atoms with Gasteiger partial charge in [-0.15, -0.1) is 11.3 Å². The van der Waals surface area contributed by atoms with Crippen molar-refractivity contribution in [1.82, 2.24) is 10.3 Å². The zero-order chi connectivity index (χ0) is 16.9. The van der Waals surface area contributed by atoms with Crippen LogP contribution in [0.5, 0.6) is 0 Å². The van der Waals surface area contributed by atoms with E-state index in [1.807, 2.05) is 5.38 Å². The highest BCUT2D eigenvalue weighted by atomic mass is 32.2. The minimum Gasteiger partial charge on any atom is -0.308 e. The average molecular weight is 369 g/mol. The molecule has 5 rings (SSSR count). The maximum absolute atomic E-state index is 11.4. The fraction of sp³-hybridized carbons (Fsp3) is 0.833. The molecule has 1 heterocycles. The van der Waals surface area contributed by atoms with Gasteiger partial charge in [-0.25, -0.2) is 13.4 Å². The number of sulfone groups is 1. The van der Waals surface area contributed by atoms with Crippen LogP contribution in [0, 0.1) is 23.2 Å². The van der Waals surface area contributed by atoms with Gasteiger partial charge in [-0.2, -0.15) is 0 Å². The van der Waals surface area contributed by atoms with Gasteiger partial charge in [0.1, 0.15) is 10.8 Å². The predicted molar refractivity (Wildman–Crippen MR) is 97.6 cm³/mol. The number of hydrogen-bond acceptors (Lipinski definition) is 5. The zero-order valence-electron chi connectivity index (χ0n) is 14.6. The van der Waals surface area contributed by atoms with Crippen LogP contribution in [0.4, 0.5) is 0 Å². The molecular formula is C18H28N2O2S2. The molecular weight excluding hydrogens is 340 g/mol. The maximum atomic E-state index is 11.4. The van der Waals surface area contributed by atoms with Crippen LogP contribution in [0.3, 0.4) is 0 Å². The molecule has 0 unspecified atom stereocenters. The molecule has 4 aliphatic rings. The van der Waals surface area contributed by atoms with Gasteiger partial charge in [-0.3, -0.25) is 0 Å². The lowest BCUT2D eigenvalue weighted by Gasteiger charge is -2.59. The molecule has 134 valence electrons. The molecule has 4 fully saturated rings. The molecule has 0 aliphatic heterocycles. The Morgan fingerprint density at radius 3 is 2.38 bits per heavy atom. The predicted octanol–water partition coefficient (Wildman–Crippen LogP) is 3.38. The van der Waals surface area contributed by atoms with Gasteiger partial charge < -0.3 is 5.32 Å². The van der Waals surface area contributed by atoms with E-state index in [-0.39, 0.29) is 5.75 Å². The van der Waals surface area contributed by atoms with Crippen molar-refractivity contribution in [1.29, 1.82) is 0 Å². The van der Waals surface area contributed by atoms with Gasteiger partial charge in [0, 0.05) is 24.2 Å². The van der Waals surface area contributed by atoms with Gasteiger partial charge in [0.25, 0.3) is 0 Å². The summed E-state index contributed by atoms with van der Waals surface area (Å²) >= 11 is 1.46. The number of rotatable bonds is 6. The van der Waals surface area contributed by atoms with Gasteiger partial charge in [0.15, 0.2) is 9.84 Å². The summed E-state index contributed by atoms with van der Waals surface area (Å²) in [6.07, 6.45) is 9.92. The fourth-order valence-electron chi connectivity index (χ4n) is 5.90. The first-order valence-electron chi connectivity index (χ1n) is 9.16. The number of hydrogen-bond donors (Lipinski definition) is 1. The number of nitrogens with one attached hydrogen (secondary N) is 1. The summed E-state index contributed by atoms with van der Waals surface area (Å²) in [7, 11) is -3.00. The molecule has 0 aromatic carbocycles. The van der Waals surface area contributed by atoms with Crippen LogP contribution in [0.2, 0.25) is 0 Å². The zero-order valence-corrected chi connectivity index (χ0v) is 16.3. The third-order valence-electron chi connectivity index (χ3n) is 6.58. The Balaban J connectivity index is 1.38. The van der Waals surface area contributed by atoms with E-state index in [4.69, 9.17) is 0 Å². The van der Waals surface area contributed by atoms with E-state index in [9.17, 15) is 8.42 Å². The molecule has 1 aromatic heterocycles. The van der Waals surface area contributed by atoms with E-state index >= 15 is 0 Å². The Kier molecular flexibility index (Phi) is 4.29. The number of aromatic nitrogens is 1. The van der Waals surface area contributed by atoms with Crippen molar-refractivity contribution < 1.29 is 8.42 Å². The van der Waals surface area contributed by atoms with Crippen LogP contribution < -0.4 is 5.32 Å². The van der Waals surface area contributed by atoms with Gasteiger partial charge in [-0.1, -0.05) is 0 Å². The maximum Gasteiger partial charge on any atom is 0.153 e. The Bertz CT molecular complexity index is 675. The summed E-state index contributed by atoms with van der Waals surface area (Å²) in [5.74, 6) is 2.98. The second kappa shape index (κ2) is 6.06. The monoisotopic (exact) mass is 368 g/mol. The smallest absolute Gasteiger partial charge is 0.153 e. The van der Waals surface area contributed by atoms with Crippen molar-refractivity contribution in [2.75, 3.05) is 6.26 Å². The lowest BCUT2D eigenvalue weighted by molar-refractivity contribution is -0.0707. The van der Waals surface area contributed by atoms with E-state index in [1.54, 1.807) is 0 Å². The Labute approximate surface area is 149 Å². The molecule has 4 bridgehead atoms. The largest absolute Gasteiger partial charge is 0.308 e. The minimum absolute atomic E-state index is 0.0577. The van der Waals surface area contributed by atoms with Crippen LogP contribution in [-0.4, -0.2) is 25.7 Å².